The number of aliphatic imine (C=N–C) groups is 1. The van der Waals surface area contributed by atoms with E-state index in [0.29, 0.717) is 24.8 Å². The Morgan fingerprint density at radius 3 is 2.62 bits per heavy atom. The van der Waals surface area contributed by atoms with Gasteiger partial charge in [0.25, 0.3) is 0 Å². The Labute approximate surface area is 193 Å². The van der Waals surface area contributed by atoms with Crippen LogP contribution in [0.25, 0.3) is 0 Å². The molecule has 1 amide bonds. The standard InChI is InChI=1S/C20H25ClN6O.HI/c1-22-20(24-9-8-16-4-7-18(21)25-12-16)26-13-15-2-5-17(6-3-15)27-11-10-23-19(28)14-27;/h2-7,12H,8-11,13-14H2,1H3,(H,23,28)(H2,22,24,26);1H. The summed E-state index contributed by atoms with van der Waals surface area (Å²) in [6.45, 7) is 3.36. The van der Waals surface area contributed by atoms with E-state index in [4.69, 9.17) is 11.6 Å². The highest BCUT2D eigenvalue weighted by Crippen LogP contribution is 2.16. The van der Waals surface area contributed by atoms with Crippen LogP contribution in [0.15, 0.2) is 47.6 Å². The van der Waals surface area contributed by atoms with Crippen molar-refractivity contribution in [3.63, 3.8) is 0 Å². The van der Waals surface area contributed by atoms with Gasteiger partial charge in [-0.2, -0.15) is 0 Å². The Hall–Kier alpha value is -2.07. The van der Waals surface area contributed by atoms with Gasteiger partial charge < -0.3 is 20.9 Å². The number of nitrogens with one attached hydrogen (secondary N) is 3. The second-order valence-corrected chi connectivity index (χ2v) is 6.92. The van der Waals surface area contributed by atoms with Crippen molar-refractivity contribution in [3.05, 3.63) is 58.9 Å². The third-order valence-electron chi connectivity index (χ3n) is 4.52. The zero-order valence-electron chi connectivity index (χ0n) is 16.3. The Bertz CT molecular complexity index is 813. The predicted octanol–water partition coefficient (Wildman–Crippen LogP) is 2.20. The lowest BCUT2D eigenvalue weighted by atomic mass is 10.2. The highest BCUT2D eigenvalue weighted by Gasteiger charge is 2.16. The van der Waals surface area contributed by atoms with E-state index in [1.54, 1.807) is 19.3 Å². The molecule has 1 aliphatic rings. The molecule has 1 fully saturated rings. The van der Waals surface area contributed by atoms with Crippen LogP contribution in [0.2, 0.25) is 5.15 Å². The molecule has 7 nitrogen and oxygen atoms in total. The number of aromatic nitrogens is 1. The molecular formula is C20H26ClIN6O. The van der Waals surface area contributed by atoms with Gasteiger partial charge in [0, 0.05) is 45.1 Å². The van der Waals surface area contributed by atoms with Crippen molar-refractivity contribution in [2.75, 3.05) is 38.1 Å². The number of hydrogen-bond acceptors (Lipinski definition) is 4. The zero-order valence-corrected chi connectivity index (χ0v) is 19.4. The van der Waals surface area contributed by atoms with Crippen molar-refractivity contribution in [3.8, 4) is 0 Å². The molecule has 2 aromatic rings. The maximum atomic E-state index is 11.5. The fourth-order valence-electron chi connectivity index (χ4n) is 2.97. The van der Waals surface area contributed by atoms with E-state index in [-0.39, 0.29) is 29.9 Å². The van der Waals surface area contributed by atoms with Gasteiger partial charge in [-0.15, -0.1) is 24.0 Å². The Balaban J connectivity index is 0.00000300. The maximum Gasteiger partial charge on any atom is 0.239 e. The first-order valence-electron chi connectivity index (χ1n) is 9.29. The summed E-state index contributed by atoms with van der Waals surface area (Å²) < 4.78 is 0. The van der Waals surface area contributed by atoms with Gasteiger partial charge in [0.05, 0.1) is 6.54 Å². The average molecular weight is 529 g/mol. The zero-order chi connectivity index (χ0) is 19.8. The van der Waals surface area contributed by atoms with E-state index in [9.17, 15) is 4.79 Å². The van der Waals surface area contributed by atoms with E-state index >= 15 is 0 Å². The van der Waals surface area contributed by atoms with Gasteiger partial charge in [-0.25, -0.2) is 4.98 Å². The van der Waals surface area contributed by atoms with Crippen molar-refractivity contribution in [1.29, 1.82) is 0 Å². The average Bonchev–Trinajstić information content (AvgIpc) is 2.72. The number of carbonyl (C=O) groups excluding carboxylic acids is 1. The van der Waals surface area contributed by atoms with E-state index < -0.39 is 0 Å². The van der Waals surface area contributed by atoms with Gasteiger partial charge in [-0.3, -0.25) is 9.79 Å². The first-order valence-corrected chi connectivity index (χ1v) is 9.67. The Morgan fingerprint density at radius 2 is 1.97 bits per heavy atom. The lowest BCUT2D eigenvalue weighted by molar-refractivity contribution is -0.120. The SMILES string of the molecule is CN=C(NCCc1ccc(Cl)nc1)NCc1ccc(N2CCNC(=O)C2)cc1.I. The third kappa shape index (κ3) is 7.36. The summed E-state index contributed by atoms with van der Waals surface area (Å²) in [4.78, 5) is 21.9. The van der Waals surface area contributed by atoms with E-state index in [0.717, 1.165) is 42.3 Å². The Morgan fingerprint density at radius 1 is 1.21 bits per heavy atom. The molecule has 0 saturated carbocycles. The van der Waals surface area contributed by atoms with Crippen LogP contribution in [0.3, 0.4) is 0 Å². The summed E-state index contributed by atoms with van der Waals surface area (Å²) in [6.07, 6.45) is 2.62. The number of pyridine rings is 1. The largest absolute Gasteiger partial charge is 0.360 e. The van der Waals surface area contributed by atoms with Crippen LogP contribution in [-0.4, -0.2) is 50.1 Å². The summed E-state index contributed by atoms with van der Waals surface area (Å²) in [5.74, 6) is 0.819. The summed E-state index contributed by atoms with van der Waals surface area (Å²) in [7, 11) is 1.75. The molecule has 1 aliphatic heterocycles. The molecule has 0 aliphatic carbocycles. The van der Waals surface area contributed by atoms with Gasteiger partial charge in [0.1, 0.15) is 5.15 Å². The summed E-state index contributed by atoms with van der Waals surface area (Å²) in [5, 5.41) is 9.95. The topological polar surface area (TPSA) is 81.7 Å². The second kappa shape index (κ2) is 11.8. The van der Waals surface area contributed by atoms with E-state index in [1.165, 1.54) is 0 Å². The molecule has 1 aromatic carbocycles. The minimum absolute atomic E-state index is 0. The molecule has 29 heavy (non-hydrogen) atoms. The first kappa shape index (κ1) is 23.2. The number of hydrogen-bond donors (Lipinski definition) is 3. The van der Waals surface area contributed by atoms with Gasteiger partial charge in [-0.1, -0.05) is 29.8 Å². The lowest BCUT2D eigenvalue weighted by Crippen LogP contribution is -2.47. The normalized spacial score (nSPS) is 14.1. The number of guanidine groups is 1. The van der Waals surface area contributed by atoms with Crippen LogP contribution in [-0.2, 0) is 17.8 Å². The smallest absolute Gasteiger partial charge is 0.239 e. The number of anilines is 1. The molecule has 3 N–H and O–H groups in total. The maximum absolute atomic E-state index is 11.5. The first-order chi connectivity index (χ1) is 13.6. The van der Waals surface area contributed by atoms with E-state index in [2.05, 4.69) is 55.1 Å². The highest BCUT2D eigenvalue weighted by atomic mass is 127. The molecule has 0 bridgehead atoms. The fraction of sp³-hybridized carbons (Fsp3) is 0.350. The van der Waals surface area contributed by atoms with Gasteiger partial charge in [0.2, 0.25) is 5.91 Å². The Kier molecular flexibility index (Phi) is 9.46. The third-order valence-corrected chi connectivity index (χ3v) is 4.74. The quantitative estimate of drug-likeness (QED) is 0.232. The van der Waals surface area contributed by atoms with Crippen molar-refractivity contribution in [2.24, 2.45) is 4.99 Å². The van der Waals surface area contributed by atoms with Crippen LogP contribution in [0.4, 0.5) is 5.69 Å². The summed E-state index contributed by atoms with van der Waals surface area (Å²) in [6, 6.07) is 12.0. The van der Waals surface area contributed by atoms with Crippen molar-refractivity contribution < 1.29 is 4.79 Å². The molecule has 156 valence electrons. The second-order valence-electron chi connectivity index (χ2n) is 6.53. The molecule has 0 unspecified atom stereocenters. The van der Waals surface area contributed by atoms with Gasteiger partial charge >= 0.3 is 0 Å². The molecule has 0 atom stereocenters. The molecule has 9 heteroatoms. The van der Waals surface area contributed by atoms with Crippen LogP contribution in [0.1, 0.15) is 11.1 Å². The molecule has 3 rings (SSSR count). The number of rotatable bonds is 6. The monoisotopic (exact) mass is 528 g/mol. The van der Waals surface area contributed by atoms with E-state index in [1.807, 2.05) is 6.07 Å². The van der Waals surface area contributed by atoms with Crippen LogP contribution in [0.5, 0.6) is 0 Å². The molecule has 1 aromatic heterocycles. The fourth-order valence-corrected chi connectivity index (χ4v) is 3.08. The number of carbonyl (C=O) groups is 1. The predicted molar refractivity (Wildman–Crippen MR) is 128 cm³/mol. The van der Waals surface area contributed by atoms with Crippen molar-refractivity contribution in [1.82, 2.24) is 20.9 Å². The minimum Gasteiger partial charge on any atom is -0.360 e. The molecule has 1 saturated heterocycles. The minimum atomic E-state index is 0. The van der Waals surface area contributed by atoms with Crippen LogP contribution >= 0.6 is 35.6 Å². The van der Waals surface area contributed by atoms with Crippen molar-refractivity contribution in [2.45, 2.75) is 13.0 Å². The number of halogens is 2. The van der Waals surface area contributed by atoms with Crippen LogP contribution < -0.4 is 20.9 Å². The van der Waals surface area contributed by atoms with Gasteiger partial charge in [-0.05, 0) is 35.7 Å². The van der Waals surface area contributed by atoms with Crippen LogP contribution in [0, 0.1) is 0 Å². The molecular weight excluding hydrogens is 503 g/mol. The molecule has 0 radical (unpaired) electrons. The molecule has 0 spiro atoms. The lowest BCUT2D eigenvalue weighted by Gasteiger charge is -2.28. The van der Waals surface area contributed by atoms with Gasteiger partial charge in [0.15, 0.2) is 5.96 Å². The number of nitrogens with zero attached hydrogens (tertiary/aromatic N) is 3. The van der Waals surface area contributed by atoms with Crippen molar-refractivity contribution >= 4 is 53.1 Å². The summed E-state index contributed by atoms with van der Waals surface area (Å²) >= 11 is 5.80. The number of benzene rings is 1. The number of amides is 1. The summed E-state index contributed by atoms with van der Waals surface area (Å²) in [5.41, 5.74) is 3.34. The molecule has 2 heterocycles. The number of piperazine rings is 1. The highest BCUT2D eigenvalue weighted by molar-refractivity contribution is 14.0.